The fourth-order valence-electron chi connectivity index (χ4n) is 4.32. The van der Waals surface area contributed by atoms with Crippen LogP contribution < -0.4 is 0 Å². The molecule has 0 N–H and O–H groups in total. The topological polar surface area (TPSA) is 48.0 Å². The zero-order valence-electron chi connectivity index (χ0n) is 18.9. The molecule has 160 valence electrons. The average Bonchev–Trinajstić information content (AvgIpc) is 3.36. The molecule has 0 spiro atoms. The maximum atomic E-state index is 4.62. The van der Waals surface area contributed by atoms with Crippen LogP contribution in [0.1, 0.15) is 42.4 Å². The van der Waals surface area contributed by atoms with Crippen molar-refractivity contribution in [2.75, 3.05) is 0 Å². The van der Waals surface area contributed by atoms with Crippen molar-refractivity contribution in [1.82, 2.24) is 24.1 Å². The Kier molecular flexibility index (Phi) is 5.10. The van der Waals surface area contributed by atoms with Gasteiger partial charge >= 0.3 is 0 Å². The van der Waals surface area contributed by atoms with E-state index in [2.05, 4.69) is 105 Å². The van der Waals surface area contributed by atoms with Crippen molar-refractivity contribution in [3.05, 3.63) is 95.7 Å². The normalized spacial score (nSPS) is 11.5. The van der Waals surface area contributed by atoms with Gasteiger partial charge in [0.15, 0.2) is 5.65 Å². The Morgan fingerprint density at radius 1 is 0.844 bits per heavy atom. The lowest BCUT2D eigenvalue weighted by atomic mass is 9.93. The number of aryl methyl sites for hydroxylation is 2. The predicted octanol–water partition coefficient (Wildman–Crippen LogP) is 5.82. The van der Waals surface area contributed by atoms with E-state index in [1.165, 1.54) is 22.3 Å². The molecule has 0 unspecified atom stereocenters. The Hall–Kier alpha value is -3.73. The highest BCUT2D eigenvalue weighted by atomic mass is 15.2. The van der Waals surface area contributed by atoms with Crippen molar-refractivity contribution in [2.45, 2.75) is 33.1 Å². The molecule has 2 aromatic carbocycles. The summed E-state index contributed by atoms with van der Waals surface area (Å²) >= 11 is 0. The Morgan fingerprint density at radius 3 is 2.31 bits per heavy atom. The first-order valence-corrected chi connectivity index (χ1v) is 11.0. The lowest BCUT2D eigenvalue weighted by Gasteiger charge is -2.13. The van der Waals surface area contributed by atoms with Gasteiger partial charge in [0, 0.05) is 31.4 Å². The largest absolute Gasteiger partial charge is 0.334 e. The van der Waals surface area contributed by atoms with Crippen LogP contribution in [-0.2, 0) is 13.5 Å². The van der Waals surface area contributed by atoms with Crippen LogP contribution in [0.15, 0.2) is 73.1 Å². The smallest absolute Gasteiger partial charge is 0.160 e. The summed E-state index contributed by atoms with van der Waals surface area (Å²) < 4.78 is 4.18. The van der Waals surface area contributed by atoms with E-state index in [4.69, 9.17) is 0 Å². The summed E-state index contributed by atoms with van der Waals surface area (Å²) in [6, 6.07) is 21.4. The molecule has 5 rings (SSSR count). The molecule has 32 heavy (non-hydrogen) atoms. The number of rotatable bonds is 5. The maximum Gasteiger partial charge on any atom is 0.160 e. The highest BCUT2D eigenvalue weighted by Crippen LogP contribution is 2.29. The molecule has 0 atom stereocenters. The van der Waals surface area contributed by atoms with Crippen molar-refractivity contribution in [3.8, 4) is 22.5 Å². The van der Waals surface area contributed by atoms with Crippen LogP contribution in [0.2, 0.25) is 0 Å². The summed E-state index contributed by atoms with van der Waals surface area (Å²) in [6.45, 7) is 6.48. The van der Waals surface area contributed by atoms with E-state index in [-0.39, 0.29) is 0 Å². The first kappa shape index (κ1) is 20.2. The highest BCUT2D eigenvalue weighted by molar-refractivity contribution is 5.69. The lowest BCUT2D eigenvalue weighted by molar-refractivity contribution is 0.868. The predicted molar refractivity (Wildman–Crippen MR) is 129 cm³/mol. The van der Waals surface area contributed by atoms with Crippen molar-refractivity contribution >= 4 is 5.65 Å². The molecule has 0 saturated heterocycles. The molecule has 0 radical (unpaired) electrons. The van der Waals surface area contributed by atoms with Gasteiger partial charge in [0.2, 0.25) is 0 Å². The summed E-state index contributed by atoms with van der Waals surface area (Å²) in [7, 11) is 2.03. The molecular weight excluding hydrogens is 394 g/mol. The van der Waals surface area contributed by atoms with E-state index in [0.29, 0.717) is 5.92 Å². The lowest BCUT2D eigenvalue weighted by Crippen LogP contribution is -1.98. The summed E-state index contributed by atoms with van der Waals surface area (Å²) in [6.07, 6.45) is 4.92. The molecule has 0 aliphatic rings. The van der Waals surface area contributed by atoms with Gasteiger partial charge in [0.25, 0.3) is 0 Å². The van der Waals surface area contributed by atoms with Gasteiger partial charge in [-0.25, -0.2) is 4.98 Å². The first-order valence-electron chi connectivity index (χ1n) is 11.0. The Morgan fingerprint density at radius 2 is 1.59 bits per heavy atom. The van der Waals surface area contributed by atoms with Gasteiger partial charge in [0.1, 0.15) is 11.6 Å². The van der Waals surface area contributed by atoms with Gasteiger partial charge in [-0.15, -0.1) is 10.2 Å². The molecule has 5 heteroatoms. The fourth-order valence-corrected chi connectivity index (χ4v) is 4.32. The van der Waals surface area contributed by atoms with Gasteiger partial charge in [-0.05, 0) is 47.2 Å². The molecule has 0 aliphatic heterocycles. The molecule has 3 aromatic heterocycles. The average molecular weight is 422 g/mol. The van der Waals surface area contributed by atoms with Crippen LogP contribution in [0, 0.1) is 6.92 Å². The molecule has 5 nitrogen and oxygen atoms in total. The van der Waals surface area contributed by atoms with Crippen LogP contribution in [0.3, 0.4) is 0 Å². The molecule has 0 fully saturated rings. The molecular formula is C27H27N5. The number of pyridine rings is 1. The Bertz CT molecular complexity index is 1390. The van der Waals surface area contributed by atoms with Gasteiger partial charge in [-0.3, -0.25) is 4.40 Å². The third kappa shape index (κ3) is 3.71. The molecule has 0 amide bonds. The molecule has 0 aliphatic carbocycles. The van der Waals surface area contributed by atoms with Crippen LogP contribution in [0.5, 0.6) is 0 Å². The zero-order valence-corrected chi connectivity index (χ0v) is 18.9. The van der Waals surface area contributed by atoms with Gasteiger partial charge < -0.3 is 4.57 Å². The van der Waals surface area contributed by atoms with E-state index < -0.39 is 0 Å². The van der Waals surface area contributed by atoms with Crippen LogP contribution in [0.4, 0.5) is 0 Å². The summed E-state index contributed by atoms with van der Waals surface area (Å²) in [4.78, 5) is 4.62. The summed E-state index contributed by atoms with van der Waals surface area (Å²) in [5.41, 5.74) is 8.00. The van der Waals surface area contributed by atoms with E-state index in [0.717, 1.165) is 35.0 Å². The minimum Gasteiger partial charge on any atom is -0.334 e. The fraction of sp³-hybridized carbons (Fsp3) is 0.222. The van der Waals surface area contributed by atoms with Crippen molar-refractivity contribution in [3.63, 3.8) is 0 Å². The first-order chi connectivity index (χ1) is 15.5. The van der Waals surface area contributed by atoms with Crippen LogP contribution in [0.25, 0.3) is 28.2 Å². The minimum atomic E-state index is 0.461. The van der Waals surface area contributed by atoms with Crippen molar-refractivity contribution < 1.29 is 0 Å². The Labute approximate surface area is 188 Å². The number of hydrogen-bond donors (Lipinski definition) is 0. The molecule has 5 aromatic rings. The van der Waals surface area contributed by atoms with Crippen LogP contribution >= 0.6 is 0 Å². The number of aromatic nitrogens is 5. The zero-order chi connectivity index (χ0) is 22.2. The summed E-state index contributed by atoms with van der Waals surface area (Å²) in [5.74, 6) is 2.38. The standard InChI is InChI=1S/C27H27N5/c1-18(2)23-7-5-6-8-24(23)22-13-14-25-29-30-26(32(25)17-22)15-20-9-11-21(12-10-20)27-28-19(3)16-31(27)4/h5-14,16-18H,15H2,1-4H3. The molecule has 0 saturated carbocycles. The third-order valence-corrected chi connectivity index (χ3v) is 5.94. The second-order valence-corrected chi connectivity index (χ2v) is 8.69. The van der Waals surface area contributed by atoms with Crippen LogP contribution in [-0.4, -0.2) is 24.1 Å². The van der Waals surface area contributed by atoms with E-state index in [1.807, 2.05) is 20.2 Å². The quantitative estimate of drug-likeness (QED) is 0.359. The van der Waals surface area contributed by atoms with E-state index >= 15 is 0 Å². The molecule has 0 bridgehead atoms. The third-order valence-electron chi connectivity index (χ3n) is 5.94. The SMILES string of the molecule is Cc1cn(C)c(-c2ccc(Cc3nnc4ccc(-c5ccccc5C(C)C)cn34)cc2)n1. The van der Waals surface area contributed by atoms with E-state index in [1.54, 1.807) is 0 Å². The van der Waals surface area contributed by atoms with Crippen molar-refractivity contribution in [2.24, 2.45) is 7.05 Å². The van der Waals surface area contributed by atoms with Gasteiger partial charge in [-0.2, -0.15) is 0 Å². The van der Waals surface area contributed by atoms with Gasteiger partial charge in [-0.1, -0.05) is 62.4 Å². The number of fused-ring (bicyclic) bond motifs is 1. The number of hydrogen-bond acceptors (Lipinski definition) is 3. The van der Waals surface area contributed by atoms with E-state index in [9.17, 15) is 0 Å². The number of nitrogens with zero attached hydrogens (tertiary/aromatic N) is 5. The molecule has 3 heterocycles. The second kappa shape index (κ2) is 8.08. The monoisotopic (exact) mass is 421 g/mol. The second-order valence-electron chi connectivity index (χ2n) is 8.69. The van der Waals surface area contributed by atoms with Gasteiger partial charge in [0.05, 0.1) is 5.69 Å². The number of benzene rings is 2. The van der Waals surface area contributed by atoms with Crippen molar-refractivity contribution in [1.29, 1.82) is 0 Å². The highest BCUT2D eigenvalue weighted by Gasteiger charge is 2.12. The maximum absolute atomic E-state index is 4.62. The minimum absolute atomic E-state index is 0.461. The number of imidazole rings is 1. The summed E-state index contributed by atoms with van der Waals surface area (Å²) in [5, 5.41) is 8.86. The Balaban J connectivity index is 1.47.